The highest BCUT2D eigenvalue weighted by Gasteiger charge is 2.27. The molecule has 0 amide bonds. The molecule has 0 spiro atoms. The molecule has 3 aromatic carbocycles. The van der Waals surface area contributed by atoms with Crippen LogP contribution < -0.4 is 0 Å². The van der Waals surface area contributed by atoms with Crippen LogP contribution in [0.1, 0.15) is 16.7 Å². The van der Waals surface area contributed by atoms with Gasteiger partial charge >= 0.3 is 7.82 Å². The third-order valence-corrected chi connectivity index (χ3v) is 5.03. The molecule has 0 aliphatic heterocycles. The van der Waals surface area contributed by atoms with Gasteiger partial charge in [0.15, 0.2) is 0 Å². The standard InChI is InChI=1S/C21H21O4P/c22-26(23-16-19-10-4-1-5-11-19,24-17-20-12-6-2-7-13-20)25-18-21-14-8-3-9-15-21/h1-15H,16-18H2. The molecule has 0 fully saturated rings. The molecule has 3 rings (SSSR count). The Kier molecular flexibility index (Phi) is 6.75. The smallest absolute Gasteiger partial charge is 0.282 e. The number of phosphoric acid groups is 1. The third-order valence-electron chi connectivity index (χ3n) is 3.70. The van der Waals surface area contributed by atoms with Gasteiger partial charge in [0.1, 0.15) is 0 Å². The van der Waals surface area contributed by atoms with E-state index < -0.39 is 7.82 Å². The fraction of sp³-hybridized carbons (Fsp3) is 0.143. The average molecular weight is 368 g/mol. The molecule has 0 radical (unpaired) electrons. The molecule has 3 aromatic rings. The van der Waals surface area contributed by atoms with Gasteiger partial charge in [-0.15, -0.1) is 0 Å². The molecule has 0 aliphatic carbocycles. The van der Waals surface area contributed by atoms with Crippen LogP contribution in [0.4, 0.5) is 0 Å². The monoisotopic (exact) mass is 368 g/mol. The maximum absolute atomic E-state index is 13.1. The van der Waals surface area contributed by atoms with Crippen LogP contribution in [-0.4, -0.2) is 0 Å². The zero-order valence-electron chi connectivity index (χ0n) is 14.4. The lowest BCUT2D eigenvalue weighted by Gasteiger charge is -2.18. The van der Waals surface area contributed by atoms with Crippen LogP contribution in [-0.2, 0) is 38.0 Å². The van der Waals surface area contributed by atoms with Gasteiger partial charge in [-0.2, -0.15) is 0 Å². The first-order chi connectivity index (χ1) is 12.7. The van der Waals surface area contributed by atoms with Crippen molar-refractivity contribution in [2.75, 3.05) is 0 Å². The summed E-state index contributed by atoms with van der Waals surface area (Å²) < 4.78 is 29.8. The zero-order valence-corrected chi connectivity index (χ0v) is 15.3. The SMILES string of the molecule is O=P(OCc1ccccc1)(OCc1ccccc1)OCc1ccccc1. The van der Waals surface area contributed by atoms with Gasteiger partial charge in [0.2, 0.25) is 0 Å². The second kappa shape index (κ2) is 9.46. The number of hydrogen-bond donors (Lipinski definition) is 0. The van der Waals surface area contributed by atoms with Crippen LogP contribution in [0.15, 0.2) is 91.0 Å². The minimum atomic E-state index is -3.72. The highest BCUT2D eigenvalue weighted by atomic mass is 31.2. The van der Waals surface area contributed by atoms with Crippen LogP contribution in [0.3, 0.4) is 0 Å². The predicted octanol–water partition coefficient (Wildman–Crippen LogP) is 5.74. The molecular weight excluding hydrogens is 347 g/mol. The Morgan fingerprint density at radius 1 is 0.500 bits per heavy atom. The van der Waals surface area contributed by atoms with Crippen molar-refractivity contribution in [1.82, 2.24) is 0 Å². The second-order valence-corrected chi connectivity index (χ2v) is 7.39. The van der Waals surface area contributed by atoms with Gasteiger partial charge in [0, 0.05) is 0 Å². The fourth-order valence-corrected chi connectivity index (χ4v) is 3.44. The molecule has 134 valence electrons. The summed E-state index contributed by atoms with van der Waals surface area (Å²) in [7, 11) is -3.72. The van der Waals surface area contributed by atoms with Gasteiger partial charge in [-0.05, 0) is 16.7 Å². The number of benzene rings is 3. The van der Waals surface area contributed by atoms with E-state index in [1.165, 1.54) is 0 Å². The summed E-state index contributed by atoms with van der Waals surface area (Å²) in [6.45, 7) is 0.463. The first-order valence-electron chi connectivity index (χ1n) is 8.39. The average Bonchev–Trinajstić information content (AvgIpc) is 2.72. The molecule has 0 aromatic heterocycles. The van der Waals surface area contributed by atoms with Gasteiger partial charge in [-0.3, -0.25) is 13.6 Å². The van der Waals surface area contributed by atoms with E-state index in [0.29, 0.717) is 0 Å². The lowest BCUT2D eigenvalue weighted by Crippen LogP contribution is -2.02. The van der Waals surface area contributed by atoms with E-state index in [9.17, 15) is 4.57 Å². The summed E-state index contributed by atoms with van der Waals surface area (Å²) >= 11 is 0. The highest BCUT2D eigenvalue weighted by Crippen LogP contribution is 2.51. The first-order valence-corrected chi connectivity index (χ1v) is 9.85. The number of rotatable bonds is 9. The van der Waals surface area contributed by atoms with Crippen molar-refractivity contribution in [3.05, 3.63) is 108 Å². The summed E-state index contributed by atoms with van der Waals surface area (Å²) in [5.41, 5.74) is 2.71. The highest BCUT2D eigenvalue weighted by molar-refractivity contribution is 7.48. The van der Waals surface area contributed by atoms with Crippen molar-refractivity contribution in [2.45, 2.75) is 19.8 Å². The van der Waals surface area contributed by atoms with Crippen molar-refractivity contribution in [3.8, 4) is 0 Å². The van der Waals surface area contributed by atoms with E-state index >= 15 is 0 Å². The van der Waals surface area contributed by atoms with E-state index in [1.54, 1.807) is 0 Å². The minimum Gasteiger partial charge on any atom is -0.282 e. The molecule has 5 heteroatoms. The molecule has 26 heavy (non-hydrogen) atoms. The molecule has 0 saturated carbocycles. The number of phosphoric ester groups is 1. The molecular formula is C21H21O4P. The lowest BCUT2D eigenvalue weighted by molar-refractivity contribution is 0.0978. The van der Waals surface area contributed by atoms with Crippen LogP contribution in [0.2, 0.25) is 0 Å². The minimum absolute atomic E-state index is 0.154. The van der Waals surface area contributed by atoms with Crippen molar-refractivity contribution in [1.29, 1.82) is 0 Å². The summed E-state index contributed by atoms with van der Waals surface area (Å²) in [6.07, 6.45) is 0. The van der Waals surface area contributed by atoms with E-state index in [1.807, 2.05) is 91.0 Å². The zero-order chi connectivity index (χ0) is 18.1. The van der Waals surface area contributed by atoms with Gasteiger partial charge in [0.25, 0.3) is 0 Å². The van der Waals surface area contributed by atoms with E-state index in [-0.39, 0.29) is 19.8 Å². The van der Waals surface area contributed by atoms with Gasteiger partial charge in [-0.25, -0.2) is 4.57 Å². The van der Waals surface area contributed by atoms with Crippen LogP contribution in [0, 0.1) is 0 Å². The van der Waals surface area contributed by atoms with Crippen molar-refractivity contribution < 1.29 is 18.1 Å². The van der Waals surface area contributed by atoms with Crippen molar-refractivity contribution in [2.24, 2.45) is 0 Å². The molecule has 4 nitrogen and oxygen atoms in total. The topological polar surface area (TPSA) is 44.8 Å². The summed E-state index contributed by atoms with van der Waals surface area (Å²) in [4.78, 5) is 0. The van der Waals surface area contributed by atoms with Crippen molar-refractivity contribution in [3.63, 3.8) is 0 Å². The van der Waals surface area contributed by atoms with Crippen molar-refractivity contribution >= 4 is 7.82 Å². The Balaban J connectivity index is 1.65. The molecule has 0 aliphatic rings. The van der Waals surface area contributed by atoms with E-state index in [2.05, 4.69) is 0 Å². The van der Waals surface area contributed by atoms with Crippen LogP contribution in [0.25, 0.3) is 0 Å². The number of hydrogen-bond acceptors (Lipinski definition) is 4. The second-order valence-electron chi connectivity index (χ2n) is 5.72. The third kappa shape index (κ3) is 5.94. The Hall–Kier alpha value is -2.23. The van der Waals surface area contributed by atoms with Crippen LogP contribution >= 0.6 is 7.82 Å². The molecule has 0 heterocycles. The normalized spacial score (nSPS) is 11.4. The summed E-state index contributed by atoms with van der Waals surface area (Å²) in [5, 5.41) is 0. The Labute approximate surface area is 154 Å². The molecule has 0 N–H and O–H groups in total. The summed E-state index contributed by atoms with van der Waals surface area (Å²) in [5.74, 6) is 0. The molecule has 0 unspecified atom stereocenters. The summed E-state index contributed by atoms with van der Waals surface area (Å²) in [6, 6.07) is 28.6. The van der Waals surface area contributed by atoms with Gasteiger partial charge < -0.3 is 0 Å². The van der Waals surface area contributed by atoms with Gasteiger partial charge in [0.05, 0.1) is 19.8 Å². The Bertz CT molecular complexity index is 709. The Morgan fingerprint density at radius 3 is 1.04 bits per heavy atom. The maximum Gasteiger partial charge on any atom is 0.475 e. The largest absolute Gasteiger partial charge is 0.475 e. The Morgan fingerprint density at radius 2 is 0.769 bits per heavy atom. The molecule has 0 atom stereocenters. The first kappa shape index (κ1) is 18.6. The maximum atomic E-state index is 13.1. The lowest BCUT2D eigenvalue weighted by atomic mass is 10.2. The predicted molar refractivity (Wildman–Crippen MR) is 101 cm³/mol. The molecule has 0 saturated heterocycles. The van der Waals surface area contributed by atoms with E-state index in [0.717, 1.165) is 16.7 Å². The van der Waals surface area contributed by atoms with Crippen LogP contribution in [0.5, 0.6) is 0 Å². The fourth-order valence-electron chi connectivity index (χ4n) is 2.30. The quantitative estimate of drug-likeness (QED) is 0.452. The van der Waals surface area contributed by atoms with E-state index in [4.69, 9.17) is 13.6 Å². The van der Waals surface area contributed by atoms with Gasteiger partial charge in [-0.1, -0.05) is 91.0 Å². The molecule has 0 bridgehead atoms.